The minimum absolute atomic E-state index is 0.0737. The first-order valence-electron chi connectivity index (χ1n) is 11.2. The first-order valence-corrected chi connectivity index (χ1v) is 14.3. The van der Waals surface area contributed by atoms with Crippen LogP contribution in [0.5, 0.6) is 0 Å². The van der Waals surface area contributed by atoms with E-state index in [1.54, 1.807) is 81.4 Å². The summed E-state index contributed by atoms with van der Waals surface area (Å²) in [5, 5.41) is 0. The van der Waals surface area contributed by atoms with E-state index < -0.39 is 44.1 Å². The van der Waals surface area contributed by atoms with Gasteiger partial charge in [-0.15, -0.1) is 0 Å². The fourth-order valence-corrected chi connectivity index (χ4v) is 5.94. The first kappa shape index (κ1) is 27.1. The van der Waals surface area contributed by atoms with E-state index in [1.165, 1.54) is 4.90 Å². The van der Waals surface area contributed by atoms with E-state index in [0.29, 0.717) is 11.1 Å². The van der Waals surface area contributed by atoms with Crippen molar-refractivity contribution < 1.29 is 34.7 Å². The molecule has 3 rings (SSSR count). The summed E-state index contributed by atoms with van der Waals surface area (Å²) in [7, 11) is -7.89. The summed E-state index contributed by atoms with van der Waals surface area (Å²) in [4.78, 5) is 14.1. The van der Waals surface area contributed by atoms with E-state index in [-0.39, 0.29) is 31.1 Å². The Morgan fingerprint density at radius 3 is 1.91 bits per heavy atom. The maximum absolute atomic E-state index is 12.8. The van der Waals surface area contributed by atoms with E-state index in [0.717, 1.165) is 0 Å². The highest BCUT2D eigenvalue weighted by molar-refractivity contribution is 7.86. The van der Waals surface area contributed by atoms with Crippen molar-refractivity contribution in [3.05, 3.63) is 71.8 Å². The van der Waals surface area contributed by atoms with E-state index in [4.69, 9.17) is 13.1 Å². The lowest BCUT2D eigenvalue weighted by Gasteiger charge is -2.28. The Hall–Kier alpha value is -2.47. The van der Waals surface area contributed by atoms with Crippen molar-refractivity contribution in [1.82, 2.24) is 4.90 Å². The minimum atomic E-state index is -3.95. The smallest absolute Gasteiger partial charge is 0.410 e. The van der Waals surface area contributed by atoms with Crippen LogP contribution < -0.4 is 0 Å². The molecule has 0 aliphatic carbocycles. The number of amides is 1. The maximum Gasteiger partial charge on any atom is 0.410 e. The summed E-state index contributed by atoms with van der Waals surface area (Å²) in [6, 6.07) is 16.4. The van der Waals surface area contributed by atoms with Crippen LogP contribution in [0.2, 0.25) is 0 Å². The average Bonchev–Trinajstić information content (AvgIpc) is 3.14. The molecule has 0 bridgehead atoms. The largest absolute Gasteiger partial charge is 0.444 e. The van der Waals surface area contributed by atoms with Crippen LogP contribution in [-0.2, 0) is 44.8 Å². The molecule has 2 aromatic carbocycles. The molecule has 9 nitrogen and oxygen atoms in total. The zero-order chi connectivity index (χ0) is 25.7. The van der Waals surface area contributed by atoms with Crippen molar-refractivity contribution in [3.63, 3.8) is 0 Å². The number of carbonyl (C=O) groups excluding carboxylic acids is 1. The molecule has 0 unspecified atom stereocenters. The first-order chi connectivity index (χ1) is 16.3. The molecule has 1 aliphatic heterocycles. The number of ether oxygens (including phenoxy) is 1. The second kappa shape index (κ2) is 11.1. The van der Waals surface area contributed by atoms with Crippen LogP contribution in [0.25, 0.3) is 0 Å². The Labute approximate surface area is 207 Å². The fraction of sp³-hybridized carbons (Fsp3) is 0.458. The lowest BCUT2D eigenvalue weighted by atomic mass is 10.2. The van der Waals surface area contributed by atoms with Gasteiger partial charge < -0.3 is 9.64 Å². The molecule has 11 heteroatoms. The van der Waals surface area contributed by atoms with E-state index in [2.05, 4.69) is 0 Å². The molecule has 2 atom stereocenters. The number of carbonyl (C=O) groups is 1. The van der Waals surface area contributed by atoms with E-state index in [1.807, 2.05) is 0 Å². The van der Waals surface area contributed by atoms with Crippen molar-refractivity contribution >= 4 is 26.3 Å². The van der Waals surface area contributed by atoms with E-state index in [9.17, 15) is 21.6 Å². The lowest BCUT2D eigenvalue weighted by molar-refractivity contribution is 0.0178. The quantitative estimate of drug-likeness (QED) is 0.457. The van der Waals surface area contributed by atoms with Crippen molar-refractivity contribution in [3.8, 4) is 0 Å². The summed E-state index contributed by atoms with van der Waals surface area (Å²) in [5.74, 6) is -0.637. The summed E-state index contributed by atoms with van der Waals surface area (Å²) in [5.41, 5.74) is 0.345. The van der Waals surface area contributed by atoms with Crippen molar-refractivity contribution in [2.75, 3.05) is 13.2 Å². The molecule has 192 valence electrons. The number of rotatable bonds is 9. The van der Waals surface area contributed by atoms with Gasteiger partial charge in [-0.05, 0) is 38.3 Å². The number of benzene rings is 2. The van der Waals surface area contributed by atoms with Gasteiger partial charge in [0.05, 0.1) is 25.3 Å². The molecule has 1 fully saturated rings. The highest BCUT2D eigenvalue weighted by Gasteiger charge is 2.41. The van der Waals surface area contributed by atoms with E-state index >= 15 is 0 Å². The topological polar surface area (TPSA) is 116 Å². The second-order valence-corrected chi connectivity index (χ2v) is 12.6. The summed E-state index contributed by atoms with van der Waals surface area (Å²) in [6.07, 6.45) is -1.48. The molecule has 2 aromatic rings. The molecule has 1 saturated heterocycles. The minimum Gasteiger partial charge on any atom is -0.444 e. The Balaban J connectivity index is 1.69. The van der Waals surface area contributed by atoms with Crippen molar-refractivity contribution in [2.45, 2.75) is 56.4 Å². The molecule has 1 heterocycles. The Morgan fingerprint density at radius 2 is 1.40 bits per heavy atom. The van der Waals surface area contributed by atoms with Gasteiger partial charge in [0.25, 0.3) is 20.2 Å². The highest BCUT2D eigenvalue weighted by Crippen LogP contribution is 2.26. The van der Waals surface area contributed by atoms with Gasteiger partial charge in [-0.3, -0.25) is 8.37 Å². The van der Waals surface area contributed by atoms with Crippen LogP contribution in [0, 0.1) is 0 Å². The SMILES string of the molecule is CC(C)(C)OC(=O)N1C[C@H](OS(=O)(=O)Cc2ccccc2)C[C@@H]1COS(=O)(=O)Cc1ccccc1. The molecule has 0 radical (unpaired) electrons. The Kier molecular flexibility index (Phi) is 8.58. The summed E-state index contributed by atoms with van der Waals surface area (Å²) < 4.78 is 66.2. The number of hydrogen-bond acceptors (Lipinski definition) is 8. The second-order valence-electron chi connectivity index (χ2n) is 9.40. The number of likely N-dealkylation sites (tertiary alicyclic amines) is 1. The van der Waals surface area contributed by atoms with Crippen LogP contribution in [0.3, 0.4) is 0 Å². The molecular weight excluding hydrogens is 494 g/mol. The third kappa shape index (κ3) is 8.92. The molecule has 1 amide bonds. The number of nitrogens with zero attached hydrogens (tertiary/aromatic N) is 1. The Bertz CT molecular complexity index is 1190. The zero-order valence-corrected chi connectivity index (χ0v) is 21.6. The summed E-state index contributed by atoms with van der Waals surface area (Å²) >= 11 is 0. The molecule has 0 spiro atoms. The maximum atomic E-state index is 12.8. The Morgan fingerprint density at radius 1 is 0.886 bits per heavy atom. The highest BCUT2D eigenvalue weighted by atomic mass is 32.2. The fourth-order valence-electron chi connectivity index (χ4n) is 3.67. The molecule has 35 heavy (non-hydrogen) atoms. The molecule has 0 aromatic heterocycles. The molecule has 1 aliphatic rings. The normalized spacial score (nSPS) is 19.0. The van der Waals surface area contributed by atoms with Gasteiger partial charge in [0.2, 0.25) is 0 Å². The predicted octanol–water partition coefficient (Wildman–Crippen LogP) is 3.46. The lowest BCUT2D eigenvalue weighted by Crippen LogP contribution is -2.42. The monoisotopic (exact) mass is 525 g/mol. The van der Waals surface area contributed by atoms with Crippen LogP contribution in [-0.4, -0.2) is 58.7 Å². The zero-order valence-electron chi connectivity index (χ0n) is 20.0. The molecular formula is C24H31NO8S2. The number of hydrogen-bond donors (Lipinski definition) is 0. The average molecular weight is 526 g/mol. The van der Waals surface area contributed by atoms with Gasteiger partial charge in [-0.2, -0.15) is 16.8 Å². The van der Waals surface area contributed by atoms with Crippen LogP contribution >= 0.6 is 0 Å². The summed E-state index contributed by atoms with van der Waals surface area (Å²) in [6.45, 7) is 4.70. The van der Waals surface area contributed by atoms with Crippen LogP contribution in [0.4, 0.5) is 4.79 Å². The standard InChI is InChI=1S/C24H31NO8S2/c1-24(2,3)32-23(26)25-15-22(33-35(29,30)18-20-12-8-5-9-13-20)14-21(25)16-31-34(27,28)17-19-10-6-4-7-11-19/h4-13,21-22H,14-18H2,1-3H3/t21-,22-/m1/s1. The van der Waals surface area contributed by atoms with Gasteiger partial charge in [0, 0.05) is 0 Å². The third-order valence-corrected chi connectivity index (χ3v) is 7.53. The van der Waals surface area contributed by atoms with Gasteiger partial charge in [-0.1, -0.05) is 60.7 Å². The van der Waals surface area contributed by atoms with Gasteiger partial charge in [0.1, 0.15) is 17.1 Å². The van der Waals surface area contributed by atoms with Crippen molar-refractivity contribution in [2.24, 2.45) is 0 Å². The van der Waals surface area contributed by atoms with Crippen molar-refractivity contribution in [1.29, 1.82) is 0 Å². The molecule has 0 N–H and O–H groups in total. The molecule has 0 saturated carbocycles. The van der Waals surface area contributed by atoms with Gasteiger partial charge in [-0.25, -0.2) is 4.79 Å². The van der Waals surface area contributed by atoms with Gasteiger partial charge >= 0.3 is 6.09 Å². The van der Waals surface area contributed by atoms with Crippen LogP contribution in [0.1, 0.15) is 38.3 Å². The third-order valence-electron chi connectivity index (χ3n) is 5.10. The predicted molar refractivity (Wildman–Crippen MR) is 130 cm³/mol. The van der Waals surface area contributed by atoms with Gasteiger partial charge in [0.15, 0.2) is 0 Å². The van der Waals surface area contributed by atoms with Crippen LogP contribution in [0.15, 0.2) is 60.7 Å².